The normalized spacial score (nSPS) is 9.88. The van der Waals surface area contributed by atoms with Crippen molar-refractivity contribution < 1.29 is 14.3 Å². The zero-order valence-electron chi connectivity index (χ0n) is 9.09. The highest BCUT2D eigenvalue weighted by molar-refractivity contribution is 5.64. The van der Waals surface area contributed by atoms with Gasteiger partial charge in [0.1, 0.15) is 5.82 Å². The molecule has 0 radical (unpaired) electrons. The van der Waals surface area contributed by atoms with E-state index in [0.29, 0.717) is 12.2 Å². The molecule has 1 amide bonds. The van der Waals surface area contributed by atoms with E-state index in [0.717, 1.165) is 12.0 Å². The van der Waals surface area contributed by atoms with Crippen molar-refractivity contribution in [2.75, 3.05) is 11.9 Å². The van der Waals surface area contributed by atoms with Crippen molar-refractivity contribution in [3.05, 3.63) is 29.6 Å². The predicted octanol–water partition coefficient (Wildman–Crippen LogP) is 2.42. The zero-order valence-corrected chi connectivity index (χ0v) is 9.09. The van der Waals surface area contributed by atoms with Gasteiger partial charge in [-0.1, -0.05) is 13.0 Å². The van der Waals surface area contributed by atoms with E-state index in [2.05, 4.69) is 10.6 Å². The molecule has 0 fully saturated rings. The quantitative estimate of drug-likeness (QED) is 0.722. The lowest BCUT2D eigenvalue weighted by Gasteiger charge is -2.08. The van der Waals surface area contributed by atoms with Gasteiger partial charge in [0.15, 0.2) is 0 Å². The molecule has 1 aromatic rings. The Morgan fingerprint density at radius 1 is 1.50 bits per heavy atom. The molecule has 0 saturated carbocycles. The van der Waals surface area contributed by atoms with Crippen LogP contribution < -0.4 is 10.6 Å². The van der Waals surface area contributed by atoms with E-state index in [9.17, 15) is 9.18 Å². The Hall–Kier alpha value is -1.78. The number of hydrogen-bond donors (Lipinski definition) is 3. The SMILES string of the molecule is CCCNc1cc(CNC(=O)O)ccc1F. The Bertz CT molecular complexity index is 369. The topological polar surface area (TPSA) is 61.4 Å². The highest BCUT2D eigenvalue weighted by Gasteiger charge is 2.03. The first kappa shape index (κ1) is 12.3. The number of carbonyl (C=O) groups is 1. The van der Waals surface area contributed by atoms with E-state index in [1.54, 1.807) is 12.1 Å². The van der Waals surface area contributed by atoms with E-state index >= 15 is 0 Å². The lowest BCUT2D eigenvalue weighted by atomic mass is 10.2. The van der Waals surface area contributed by atoms with Crippen LogP contribution in [0.15, 0.2) is 18.2 Å². The second kappa shape index (κ2) is 5.95. The van der Waals surface area contributed by atoms with Crippen molar-refractivity contribution in [3.63, 3.8) is 0 Å². The second-order valence-corrected chi connectivity index (χ2v) is 3.40. The fraction of sp³-hybridized carbons (Fsp3) is 0.364. The molecule has 0 heterocycles. The molecule has 3 N–H and O–H groups in total. The number of nitrogens with one attached hydrogen (secondary N) is 2. The molecular weight excluding hydrogens is 211 g/mol. The standard InChI is InChI=1S/C11H15FN2O2/c1-2-5-13-10-6-8(3-4-9(10)12)7-14-11(15)16/h3-4,6,13-14H,2,5,7H2,1H3,(H,15,16). The number of carboxylic acid groups (broad SMARTS) is 1. The van der Waals surface area contributed by atoms with E-state index in [4.69, 9.17) is 5.11 Å². The lowest BCUT2D eigenvalue weighted by molar-refractivity contribution is 0.194. The summed E-state index contributed by atoms with van der Waals surface area (Å²) in [5, 5.41) is 13.6. The number of hydrogen-bond acceptors (Lipinski definition) is 2. The van der Waals surface area contributed by atoms with Gasteiger partial charge in [0, 0.05) is 13.1 Å². The molecule has 0 aliphatic carbocycles. The maximum Gasteiger partial charge on any atom is 0.404 e. The van der Waals surface area contributed by atoms with Crippen LogP contribution in [0.25, 0.3) is 0 Å². The second-order valence-electron chi connectivity index (χ2n) is 3.40. The fourth-order valence-corrected chi connectivity index (χ4v) is 1.26. The Morgan fingerprint density at radius 3 is 2.88 bits per heavy atom. The largest absolute Gasteiger partial charge is 0.465 e. The summed E-state index contributed by atoms with van der Waals surface area (Å²) in [5.74, 6) is -0.326. The van der Waals surface area contributed by atoms with Crippen LogP contribution in [-0.2, 0) is 6.54 Å². The van der Waals surface area contributed by atoms with Crippen LogP contribution in [0.2, 0.25) is 0 Å². The summed E-state index contributed by atoms with van der Waals surface area (Å²) >= 11 is 0. The van der Waals surface area contributed by atoms with E-state index < -0.39 is 6.09 Å². The molecule has 0 bridgehead atoms. The first-order chi connectivity index (χ1) is 7.63. The van der Waals surface area contributed by atoms with Crippen molar-refractivity contribution in [1.82, 2.24) is 5.32 Å². The van der Waals surface area contributed by atoms with Crippen LogP contribution in [0.3, 0.4) is 0 Å². The average Bonchev–Trinajstić information content (AvgIpc) is 2.26. The van der Waals surface area contributed by atoms with E-state index in [1.807, 2.05) is 6.92 Å². The summed E-state index contributed by atoms with van der Waals surface area (Å²) in [5.41, 5.74) is 1.13. The molecular formula is C11H15FN2O2. The summed E-state index contributed by atoms with van der Waals surface area (Å²) < 4.78 is 13.3. The summed E-state index contributed by atoms with van der Waals surface area (Å²) in [7, 11) is 0. The van der Waals surface area contributed by atoms with E-state index in [1.165, 1.54) is 6.07 Å². The first-order valence-corrected chi connectivity index (χ1v) is 5.12. The van der Waals surface area contributed by atoms with Crippen LogP contribution in [0.5, 0.6) is 0 Å². The molecule has 0 aromatic heterocycles. The van der Waals surface area contributed by atoms with Gasteiger partial charge in [-0.2, -0.15) is 0 Å². The van der Waals surface area contributed by atoms with Crippen LogP contribution in [0.4, 0.5) is 14.9 Å². The summed E-state index contributed by atoms with van der Waals surface area (Å²) in [6.45, 7) is 2.85. The lowest BCUT2D eigenvalue weighted by Crippen LogP contribution is -2.20. The van der Waals surface area contributed by atoms with E-state index in [-0.39, 0.29) is 12.4 Å². The zero-order chi connectivity index (χ0) is 12.0. The molecule has 1 rings (SSSR count). The third kappa shape index (κ3) is 3.76. The van der Waals surface area contributed by atoms with Crippen LogP contribution >= 0.6 is 0 Å². The summed E-state index contributed by atoms with van der Waals surface area (Å²) in [4.78, 5) is 10.3. The Morgan fingerprint density at radius 2 is 2.25 bits per heavy atom. The Kier molecular flexibility index (Phi) is 4.57. The minimum Gasteiger partial charge on any atom is -0.465 e. The molecule has 5 heteroatoms. The monoisotopic (exact) mass is 226 g/mol. The molecule has 0 spiro atoms. The molecule has 0 atom stereocenters. The smallest absolute Gasteiger partial charge is 0.404 e. The van der Waals surface area contributed by atoms with Crippen molar-refractivity contribution in [3.8, 4) is 0 Å². The van der Waals surface area contributed by atoms with Crippen LogP contribution in [-0.4, -0.2) is 17.7 Å². The van der Waals surface area contributed by atoms with Crippen molar-refractivity contribution >= 4 is 11.8 Å². The highest BCUT2D eigenvalue weighted by Crippen LogP contribution is 2.16. The Balaban J connectivity index is 2.68. The van der Waals surface area contributed by atoms with Crippen LogP contribution in [0, 0.1) is 5.82 Å². The maximum atomic E-state index is 13.3. The van der Waals surface area contributed by atoms with Gasteiger partial charge in [0.05, 0.1) is 5.69 Å². The molecule has 88 valence electrons. The van der Waals surface area contributed by atoms with Gasteiger partial charge in [0.25, 0.3) is 0 Å². The number of amides is 1. The summed E-state index contributed by atoms with van der Waals surface area (Å²) in [6.07, 6.45) is -0.191. The van der Waals surface area contributed by atoms with Crippen molar-refractivity contribution in [1.29, 1.82) is 0 Å². The number of anilines is 1. The van der Waals surface area contributed by atoms with Crippen LogP contribution in [0.1, 0.15) is 18.9 Å². The number of benzene rings is 1. The third-order valence-corrected chi connectivity index (χ3v) is 2.04. The van der Waals surface area contributed by atoms with Gasteiger partial charge in [-0.05, 0) is 24.1 Å². The molecule has 4 nitrogen and oxygen atoms in total. The molecule has 16 heavy (non-hydrogen) atoms. The molecule has 1 aromatic carbocycles. The minimum atomic E-state index is -1.09. The van der Waals surface area contributed by atoms with Gasteiger partial charge in [-0.25, -0.2) is 9.18 Å². The summed E-state index contributed by atoms with van der Waals surface area (Å²) in [6, 6.07) is 4.50. The maximum absolute atomic E-state index is 13.3. The predicted molar refractivity (Wildman–Crippen MR) is 60.0 cm³/mol. The fourth-order valence-electron chi connectivity index (χ4n) is 1.26. The molecule has 0 aliphatic rings. The van der Waals surface area contributed by atoms with Gasteiger partial charge < -0.3 is 15.7 Å². The third-order valence-electron chi connectivity index (χ3n) is 2.04. The average molecular weight is 226 g/mol. The molecule has 0 aliphatic heterocycles. The van der Waals surface area contributed by atoms with Gasteiger partial charge in [-0.15, -0.1) is 0 Å². The van der Waals surface area contributed by atoms with Crippen molar-refractivity contribution in [2.24, 2.45) is 0 Å². The Labute approximate surface area is 93.5 Å². The molecule has 0 unspecified atom stereocenters. The van der Waals surface area contributed by atoms with Crippen molar-refractivity contribution in [2.45, 2.75) is 19.9 Å². The number of halogens is 1. The van der Waals surface area contributed by atoms with Gasteiger partial charge in [-0.3, -0.25) is 0 Å². The number of rotatable bonds is 5. The van der Waals surface area contributed by atoms with Gasteiger partial charge >= 0.3 is 6.09 Å². The highest BCUT2D eigenvalue weighted by atomic mass is 19.1. The minimum absolute atomic E-state index is 0.177. The first-order valence-electron chi connectivity index (χ1n) is 5.12. The molecule has 0 saturated heterocycles. The van der Waals surface area contributed by atoms with Gasteiger partial charge in [0.2, 0.25) is 0 Å².